The molecule has 0 atom stereocenters. The van der Waals surface area contributed by atoms with Crippen molar-refractivity contribution in [3.63, 3.8) is 0 Å². The van der Waals surface area contributed by atoms with Gasteiger partial charge in [-0.1, -0.05) is 23.7 Å². The number of para-hydroxylation sites is 1. The molecule has 2 aromatic carbocycles. The molecule has 0 radical (unpaired) electrons. The molecule has 0 fully saturated rings. The fraction of sp³-hybridized carbons (Fsp3) is 0.0714. The van der Waals surface area contributed by atoms with E-state index in [2.05, 4.69) is 0 Å². The second-order valence-corrected chi connectivity index (χ2v) is 4.15. The molecule has 0 saturated carbocycles. The first-order valence-electron chi connectivity index (χ1n) is 5.24. The van der Waals surface area contributed by atoms with E-state index in [9.17, 15) is 4.39 Å². The van der Waals surface area contributed by atoms with Gasteiger partial charge in [0.05, 0.1) is 10.6 Å². The Morgan fingerprint density at radius 3 is 2.72 bits per heavy atom. The summed E-state index contributed by atoms with van der Waals surface area (Å²) in [6, 6.07) is 11.4. The van der Waals surface area contributed by atoms with E-state index in [1.54, 1.807) is 18.2 Å². The van der Waals surface area contributed by atoms with Crippen LogP contribution in [-0.4, -0.2) is 0 Å². The van der Waals surface area contributed by atoms with E-state index in [1.807, 2.05) is 19.1 Å². The Kier molecular flexibility index (Phi) is 3.50. The minimum Gasteiger partial charge on any atom is -0.456 e. The number of nitriles is 1. The molecule has 0 aromatic heterocycles. The monoisotopic (exact) mass is 261 g/mol. The summed E-state index contributed by atoms with van der Waals surface area (Å²) >= 11 is 5.59. The highest BCUT2D eigenvalue weighted by Crippen LogP contribution is 2.30. The molecular formula is C14H9ClFNO. The van der Waals surface area contributed by atoms with Crippen molar-refractivity contribution in [1.29, 1.82) is 5.26 Å². The number of ether oxygens (including phenoxy) is 1. The van der Waals surface area contributed by atoms with E-state index in [0.29, 0.717) is 17.1 Å². The van der Waals surface area contributed by atoms with Gasteiger partial charge in [0.15, 0.2) is 0 Å². The summed E-state index contributed by atoms with van der Waals surface area (Å²) in [6.45, 7) is 1.82. The fourth-order valence-electron chi connectivity index (χ4n) is 1.53. The van der Waals surface area contributed by atoms with Crippen LogP contribution in [0.5, 0.6) is 11.5 Å². The zero-order valence-corrected chi connectivity index (χ0v) is 10.3. The summed E-state index contributed by atoms with van der Waals surface area (Å²) in [5.74, 6) is 0.186. The average molecular weight is 262 g/mol. The molecule has 2 nitrogen and oxygen atoms in total. The number of rotatable bonds is 2. The molecule has 2 aromatic rings. The van der Waals surface area contributed by atoms with Gasteiger partial charge >= 0.3 is 0 Å². The number of halogens is 2. The summed E-state index contributed by atoms with van der Waals surface area (Å²) in [7, 11) is 0. The molecule has 90 valence electrons. The van der Waals surface area contributed by atoms with E-state index in [4.69, 9.17) is 21.6 Å². The number of hydrogen-bond acceptors (Lipinski definition) is 2. The summed E-state index contributed by atoms with van der Waals surface area (Å²) < 4.78 is 18.8. The van der Waals surface area contributed by atoms with Crippen LogP contribution in [0.2, 0.25) is 5.02 Å². The number of nitrogens with zero attached hydrogens (tertiary/aromatic N) is 1. The van der Waals surface area contributed by atoms with Gasteiger partial charge in [-0.25, -0.2) is 4.39 Å². The lowest BCUT2D eigenvalue weighted by Crippen LogP contribution is -1.92. The lowest BCUT2D eigenvalue weighted by Gasteiger charge is -2.10. The lowest BCUT2D eigenvalue weighted by molar-refractivity contribution is 0.472. The number of benzene rings is 2. The van der Waals surface area contributed by atoms with Crippen molar-refractivity contribution >= 4 is 11.6 Å². The molecule has 0 amide bonds. The minimum absolute atomic E-state index is 0.0349. The Labute approximate surface area is 109 Å². The van der Waals surface area contributed by atoms with Crippen molar-refractivity contribution in [1.82, 2.24) is 0 Å². The summed E-state index contributed by atoms with van der Waals surface area (Å²) in [5, 5.41) is 9.03. The van der Waals surface area contributed by atoms with Crippen molar-refractivity contribution in [2.75, 3.05) is 0 Å². The molecule has 18 heavy (non-hydrogen) atoms. The van der Waals surface area contributed by atoms with Gasteiger partial charge in [-0.05, 0) is 30.7 Å². The molecule has 0 saturated heterocycles. The highest BCUT2D eigenvalue weighted by molar-refractivity contribution is 6.30. The third kappa shape index (κ3) is 2.44. The second-order valence-electron chi connectivity index (χ2n) is 3.74. The van der Waals surface area contributed by atoms with Gasteiger partial charge < -0.3 is 4.74 Å². The molecule has 0 bridgehead atoms. The largest absolute Gasteiger partial charge is 0.456 e. The molecule has 0 aliphatic rings. The zero-order chi connectivity index (χ0) is 13.1. The van der Waals surface area contributed by atoms with Crippen LogP contribution in [0.4, 0.5) is 4.39 Å². The van der Waals surface area contributed by atoms with Crippen LogP contribution < -0.4 is 4.74 Å². The van der Waals surface area contributed by atoms with E-state index in [1.165, 1.54) is 12.1 Å². The Balaban J connectivity index is 2.40. The van der Waals surface area contributed by atoms with E-state index < -0.39 is 5.82 Å². The van der Waals surface area contributed by atoms with E-state index >= 15 is 0 Å². The third-order valence-electron chi connectivity index (χ3n) is 2.44. The van der Waals surface area contributed by atoms with Crippen molar-refractivity contribution < 1.29 is 9.13 Å². The van der Waals surface area contributed by atoms with Gasteiger partial charge in [0.1, 0.15) is 23.4 Å². The quantitative estimate of drug-likeness (QED) is 0.800. The number of hydrogen-bond donors (Lipinski definition) is 0. The van der Waals surface area contributed by atoms with Crippen LogP contribution in [0.25, 0.3) is 0 Å². The Hall–Kier alpha value is -2.05. The predicted octanol–water partition coefficient (Wildman–Crippen LogP) is 4.45. The lowest BCUT2D eigenvalue weighted by atomic mass is 10.1. The highest BCUT2D eigenvalue weighted by atomic mass is 35.5. The maximum absolute atomic E-state index is 13.3. The average Bonchev–Trinajstić information content (AvgIpc) is 2.36. The Bertz CT molecular complexity index is 634. The van der Waals surface area contributed by atoms with Crippen LogP contribution in [0, 0.1) is 24.1 Å². The standard InChI is InChI=1S/C14H9ClFNO/c1-9-3-2-4-10(8-17)14(9)18-11-5-6-12(15)13(16)7-11/h2-7H,1H3. The van der Waals surface area contributed by atoms with Gasteiger partial charge in [-0.2, -0.15) is 5.26 Å². The Morgan fingerprint density at radius 2 is 2.06 bits per heavy atom. The molecule has 0 spiro atoms. The van der Waals surface area contributed by atoms with Gasteiger partial charge in [0.25, 0.3) is 0 Å². The Morgan fingerprint density at radius 1 is 1.28 bits per heavy atom. The van der Waals surface area contributed by atoms with E-state index in [0.717, 1.165) is 5.56 Å². The first-order valence-corrected chi connectivity index (χ1v) is 5.62. The molecule has 0 heterocycles. The molecule has 2 rings (SSSR count). The molecule has 0 aliphatic carbocycles. The summed E-state index contributed by atoms with van der Waals surface area (Å²) in [5.41, 5.74) is 1.22. The van der Waals surface area contributed by atoms with Crippen molar-refractivity contribution in [2.24, 2.45) is 0 Å². The van der Waals surface area contributed by atoms with Gasteiger partial charge in [-0.15, -0.1) is 0 Å². The van der Waals surface area contributed by atoms with Crippen LogP contribution >= 0.6 is 11.6 Å². The smallest absolute Gasteiger partial charge is 0.148 e. The van der Waals surface area contributed by atoms with Crippen LogP contribution in [-0.2, 0) is 0 Å². The van der Waals surface area contributed by atoms with Crippen molar-refractivity contribution in [2.45, 2.75) is 6.92 Å². The maximum Gasteiger partial charge on any atom is 0.148 e. The first kappa shape index (κ1) is 12.4. The van der Waals surface area contributed by atoms with Gasteiger partial charge in [0.2, 0.25) is 0 Å². The molecule has 0 N–H and O–H groups in total. The van der Waals surface area contributed by atoms with Crippen molar-refractivity contribution in [3.8, 4) is 17.6 Å². The SMILES string of the molecule is Cc1cccc(C#N)c1Oc1ccc(Cl)c(F)c1. The second kappa shape index (κ2) is 5.07. The van der Waals surface area contributed by atoms with Crippen LogP contribution in [0.1, 0.15) is 11.1 Å². The zero-order valence-electron chi connectivity index (χ0n) is 9.58. The van der Waals surface area contributed by atoms with Gasteiger partial charge in [0, 0.05) is 6.07 Å². The fourth-order valence-corrected chi connectivity index (χ4v) is 1.65. The molecular weight excluding hydrogens is 253 g/mol. The predicted molar refractivity (Wildman–Crippen MR) is 67.4 cm³/mol. The van der Waals surface area contributed by atoms with E-state index in [-0.39, 0.29) is 5.02 Å². The summed E-state index contributed by atoms with van der Waals surface area (Å²) in [6.07, 6.45) is 0. The number of aryl methyl sites for hydroxylation is 1. The first-order chi connectivity index (χ1) is 8.61. The third-order valence-corrected chi connectivity index (χ3v) is 2.75. The highest BCUT2D eigenvalue weighted by Gasteiger charge is 2.09. The summed E-state index contributed by atoms with van der Waals surface area (Å²) in [4.78, 5) is 0. The molecule has 0 aliphatic heterocycles. The molecule has 4 heteroatoms. The normalized spacial score (nSPS) is 9.89. The molecule has 0 unspecified atom stereocenters. The maximum atomic E-state index is 13.3. The van der Waals surface area contributed by atoms with Gasteiger partial charge in [-0.3, -0.25) is 0 Å². The van der Waals surface area contributed by atoms with Crippen LogP contribution in [0.15, 0.2) is 36.4 Å². The minimum atomic E-state index is -0.554. The topological polar surface area (TPSA) is 33.0 Å². The van der Waals surface area contributed by atoms with Crippen molar-refractivity contribution in [3.05, 3.63) is 58.4 Å². The van der Waals surface area contributed by atoms with Crippen LogP contribution in [0.3, 0.4) is 0 Å².